The number of epoxide rings is 1. The van der Waals surface area contributed by atoms with E-state index >= 15 is 0 Å². The summed E-state index contributed by atoms with van der Waals surface area (Å²) in [6, 6.07) is 1.85. The third kappa shape index (κ3) is 2.53. The molecule has 2 saturated heterocycles. The zero-order valence-electron chi connectivity index (χ0n) is 21.5. The van der Waals surface area contributed by atoms with Crippen LogP contribution in [-0.2, 0) is 28.6 Å². The Balaban J connectivity index is 1.53. The Morgan fingerprint density at radius 2 is 1.80 bits per heavy atom. The van der Waals surface area contributed by atoms with Crippen LogP contribution in [0.15, 0.2) is 23.0 Å². The predicted molar refractivity (Wildman–Crippen MR) is 124 cm³/mol. The van der Waals surface area contributed by atoms with Crippen molar-refractivity contribution in [2.45, 2.75) is 97.6 Å². The number of esters is 2. The van der Waals surface area contributed by atoms with Crippen molar-refractivity contribution in [3.8, 4) is 0 Å². The minimum absolute atomic E-state index is 0.0804. The number of ether oxygens (including phenoxy) is 3. The van der Waals surface area contributed by atoms with Crippen molar-refractivity contribution in [3.63, 3.8) is 0 Å². The molecule has 0 unspecified atom stereocenters. The van der Waals surface area contributed by atoms with Gasteiger partial charge in [-0.2, -0.15) is 0 Å². The van der Waals surface area contributed by atoms with Crippen molar-refractivity contribution in [3.05, 3.63) is 24.2 Å². The molecule has 1 spiro atoms. The van der Waals surface area contributed by atoms with Gasteiger partial charge in [0.25, 0.3) is 0 Å². The van der Waals surface area contributed by atoms with Crippen LogP contribution in [0.25, 0.3) is 0 Å². The highest BCUT2D eigenvalue weighted by atomic mass is 16.7. The maximum Gasteiger partial charge on any atom is 0.339 e. The normalized spacial score (nSPS) is 49.6. The quantitative estimate of drug-likeness (QED) is 0.440. The molecule has 0 bridgehead atoms. The molecule has 0 aromatic carbocycles. The minimum Gasteiger partial charge on any atom is -0.472 e. The first-order chi connectivity index (χ1) is 16.3. The summed E-state index contributed by atoms with van der Waals surface area (Å²) in [6.07, 6.45) is 5.22. The summed E-state index contributed by atoms with van der Waals surface area (Å²) in [5.74, 6) is -0.213. The largest absolute Gasteiger partial charge is 0.472 e. The lowest BCUT2D eigenvalue weighted by Gasteiger charge is -2.69. The van der Waals surface area contributed by atoms with E-state index in [9.17, 15) is 14.4 Å². The smallest absolute Gasteiger partial charge is 0.339 e. The molecule has 5 fully saturated rings. The molecule has 0 radical (unpaired) electrons. The van der Waals surface area contributed by atoms with E-state index in [0.29, 0.717) is 12.8 Å². The molecule has 1 aromatic rings. The summed E-state index contributed by atoms with van der Waals surface area (Å²) in [5.41, 5.74) is -1.76. The van der Waals surface area contributed by atoms with Gasteiger partial charge in [0.15, 0.2) is 6.10 Å². The zero-order valence-corrected chi connectivity index (χ0v) is 21.5. The molecule has 2 aliphatic heterocycles. The van der Waals surface area contributed by atoms with E-state index in [1.54, 1.807) is 12.5 Å². The van der Waals surface area contributed by atoms with Crippen molar-refractivity contribution in [1.29, 1.82) is 0 Å². The highest BCUT2D eigenvalue weighted by Crippen LogP contribution is 2.80. The number of Topliss-reactive ketones (excluding diaryl/α,β-unsaturated/α-hetero) is 1. The molecule has 6 rings (SSSR count). The number of cyclic esters (lactones) is 1. The van der Waals surface area contributed by atoms with Gasteiger partial charge in [0.2, 0.25) is 0 Å². The van der Waals surface area contributed by atoms with Crippen LogP contribution in [0.4, 0.5) is 0 Å². The highest BCUT2D eigenvalue weighted by Gasteiger charge is 2.88. The molecule has 5 aliphatic rings. The summed E-state index contributed by atoms with van der Waals surface area (Å²) in [4.78, 5) is 38.7. The van der Waals surface area contributed by atoms with Crippen molar-refractivity contribution in [2.24, 2.45) is 33.5 Å². The average molecular weight is 485 g/mol. The van der Waals surface area contributed by atoms with Gasteiger partial charge in [-0.25, -0.2) is 4.79 Å². The Bertz CT molecular complexity index is 1110. The molecule has 7 nitrogen and oxygen atoms in total. The van der Waals surface area contributed by atoms with Gasteiger partial charge in [-0.05, 0) is 49.0 Å². The lowest BCUT2D eigenvalue weighted by Crippen LogP contribution is -2.73. The summed E-state index contributed by atoms with van der Waals surface area (Å²) in [6.45, 7) is 12.2. The van der Waals surface area contributed by atoms with Crippen molar-refractivity contribution >= 4 is 17.7 Å². The number of hydrogen-bond acceptors (Lipinski definition) is 7. The van der Waals surface area contributed by atoms with E-state index in [4.69, 9.17) is 18.6 Å². The Morgan fingerprint density at radius 3 is 2.46 bits per heavy atom. The fourth-order valence-corrected chi connectivity index (χ4v) is 9.69. The van der Waals surface area contributed by atoms with Gasteiger partial charge in [-0.1, -0.05) is 34.6 Å². The van der Waals surface area contributed by atoms with E-state index in [1.807, 2.05) is 6.07 Å². The van der Waals surface area contributed by atoms with E-state index < -0.39 is 40.2 Å². The molecule has 35 heavy (non-hydrogen) atoms. The maximum absolute atomic E-state index is 13.3. The lowest BCUT2D eigenvalue weighted by molar-refractivity contribution is -0.263. The molecule has 0 N–H and O–H groups in total. The summed E-state index contributed by atoms with van der Waals surface area (Å²) in [7, 11) is 0. The molecule has 7 heteroatoms. The van der Waals surface area contributed by atoms with Gasteiger partial charge >= 0.3 is 11.9 Å². The van der Waals surface area contributed by atoms with Crippen molar-refractivity contribution in [2.75, 3.05) is 0 Å². The molecule has 0 amide bonds. The van der Waals surface area contributed by atoms with Gasteiger partial charge in [0.1, 0.15) is 23.6 Å². The first-order valence-corrected chi connectivity index (χ1v) is 12.9. The summed E-state index contributed by atoms with van der Waals surface area (Å²) in [5, 5.41) is 0. The standard InChI is InChI=1S/C28H36O7/c1-15(29)33-20-13-18-24(2,3)19(30)8-10-25(18,4)17-7-11-26(5)21(16-9-12-32-14-16)34-23(31)22-28(26,35-22)27(17,20)6/h9,12,14,17-18,20-22H,7-8,10-11,13H2,1-6H3/t17-,18+,20-,21+,22-,25-,26+,27+,28-/m1/s1. The third-order valence-electron chi connectivity index (χ3n) is 11.3. The van der Waals surface area contributed by atoms with Crippen LogP contribution in [0.1, 0.15) is 85.3 Å². The molecular weight excluding hydrogens is 448 g/mol. The SMILES string of the molecule is CC(=O)O[C@@H]1C[C@H]2C(C)(C)C(=O)CC[C@]2(C)[C@H]2CC[C@@]3(C)[C@H](c4ccoc4)OC(=O)[C@H]4O[C@]43[C@@]21C. The fourth-order valence-electron chi connectivity index (χ4n) is 9.69. The first kappa shape index (κ1) is 23.3. The highest BCUT2D eigenvalue weighted by molar-refractivity contribution is 5.86. The maximum atomic E-state index is 13.3. The zero-order chi connectivity index (χ0) is 25.2. The average Bonchev–Trinajstić information content (AvgIpc) is 3.35. The Hall–Kier alpha value is -2.15. The molecule has 3 heterocycles. The third-order valence-corrected chi connectivity index (χ3v) is 11.3. The molecule has 3 saturated carbocycles. The number of furan rings is 1. The minimum atomic E-state index is -0.820. The number of carbonyl (C=O) groups is 3. The van der Waals surface area contributed by atoms with Gasteiger partial charge in [0, 0.05) is 35.2 Å². The van der Waals surface area contributed by atoms with Crippen LogP contribution in [0, 0.1) is 33.5 Å². The van der Waals surface area contributed by atoms with Crippen molar-refractivity contribution in [1.82, 2.24) is 0 Å². The van der Waals surface area contributed by atoms with E-state index in [0.717, 1.165) is 24.8 Å². The number of rotatable bonds is 2. The van der Waals surface area contributed by atoms with Gasteiger partial charge in [-0.3, -0.25) is 9.59 Å². The molecular formula is C28H36O7. The van der Waals surface area contributed by atoms with Crippen LogP contribution in [0.2, 0.25) is 0 Å². The Kier molecular flexibility index (Phi) is 4.51. The number of fused-ring (bicyclic) bond motifs is 3. The Morgan fingerprint density at radius 1 is 1.06 bits per heavy atom. The van der Waals surface area contributed by atoms with Crippen LogP contribution in [0.5, 0.6) is 0 Å². The van der Waals surface area contributed by atoms with E-state index in [1.165, 1.54) is 6.92 Å². The topological polar surface area (TPSA) is 95.3 Å². The predicted octanol–water partition coefficient (Wildman–Crippen LogP) is 4.78. The van der Waals surface area contributed by atoms with Gasteiger partial charge in [0.05, 0.1) is 12.5 Å². The Labute approximate surface area is 206 Å². The van der Waals surface area contributed by atoms with E-state index in [2.05, 4.69) is 34.6 Å². The van der Waals surface area contributed by atoms with Crippen LogP contribution < -0.4 is 0 Å². The first-order valence-electron chi connectivity index (χ1n) is 12.9. The number of carbonyl (C=O) groups excluding carboxylic acids is 3. The van der Waals surface area contributed by atoms with Crippen LogP contribution in [-0.4, -0.2) is 35.5 Å². The van der Waals surface area contributed by atoms with E-state index in [-0.39, 0.29) is 35.0 Å². The molecule has 1 aromatic heterocycles. The number of hydrogen-bond donors (Lipinski definition) is 0. The molecule has 3 aliphatic carbocycles. The van der Waals surface area contributed by atoms with Gasteiger partial charge < -0.3 is 18.6 Å². The van der Waals surface area contributed by atoms with Crippen LogP contribution in [0.3, 0.4) is 0 Å². The molecule has 190 valence electrons. The van der Waals surface area contributed by atoms with Crippen molar-refractivity contribution < 1.29 is 33.0 Å². The second-order valence-electron chi connectivity index (χ2n) is 12.9. The van der Waals surface area contributed by atoms with Crippen LogP contribution >= 0.6 is 0 Å². The summed E-state index contributed by atoms with van der Waals surface area (Å²) >= 11 is 0. The monoisotopic (exact) mass is 484 g/mol. The summed E-state index contributed by atoms with van der Waals surface area (Å²) < 4.78 is 24.0. The second-order valence-corrected chi connectivity index (χ2v) is 12.9. The lowest BCUT2D eigenvalue weighted by atomic mass is 9.35. The number of ketones is 1. The van der Waals surface area contributed by atoms with Gasteiger partial charge in [-0.15, -0.1) is 0 Å². The second kappa shape index (κ2) is 6.78. The molecule has 9 atom stereocenters. The fraction of sp³-hybridized carbons (Fsp3) is 0.750.